The molecule has 0 fully saturated rings. The number of nitrogens with zero attached hydrogens (tertiary/aromatic N) is 2. The molecule has 2 rings (SSSR count). The fourth-order valence-corrected chi connectivity index (χ4v) is 3.46. The molecule has 0 aliphatic carbocycles. The number of fused-ring (bicyclic) bond motifs is 1. The highest BCUT2D eigenvalue weighted by Crippen LogP contribution is 2.45. The van der Waals surface area contributed by atoms with Crippen LogP contribution in [-0.2, 0) is 0 Å². The quantitative estimate of drug-likeness (QED) is 0.906. The van der Waals surface area contributed by atoms with Crippen molar-refractivity contribution in [3.8, 4) is 11.8 Å². The lowest BCUT2D eigenvalue weighted by Crippen LogP contribution is -2.40. The van der Waals surface area contributed by atoms with E-state index in [0.717, 1.165) is 16.7 Å². The Morgan fingerprint density at radius 2 is 2.13 bits per heavy atom. The number of aryl methyl sites for hydroxylation is 1. The first-order valence-corrected chi connectivity index (χ1v) is 7.97. The van der Waals surface area contributed by atoms with Crippen molar-refractivity contribution in [2.24, 2.45) is 0 Å². The van der Waals surface area contributed by atoms with Gasteiger partial charge in [-0.25, -0.2) is 0 Å². The summed E-state index contributed by atoms with van der Waals surface area (Å²) in [5.74, 6) is 0.662. The Balaban J connectivity index is 2.76. The molecular formula is C18H24N2O3. The number of amides is 1. The molecule has 2 atom stereocenters. The fraction of sp³-hybridized carbons (Fsp3) is 0.556. The average Bonchev–Trinajstić information content (AvgIpc) is 2.81. The Hall–Kier alpha value is -2.06. The first kappa shape index (κ1) is 17.3. The van der Waals surface area contributed by atoms with E-state index in [0.29, 0.717) is 17.7 Å². The van der Waals surface area contributed by atoms with Gasteiger partial charge in [0.25, 0.3) is 5.91 Å². The van der Waals surface area contributed by atoms with Gasteiger partial charge in [-0.1, -0.05) is 20.8 Å². The van der Waals surface area contributed by atoms with Crippen molar-refractivity contribution in [2.45, 2.75) is 52.1 Å². The van der Waals surface area contributed by atoms with Gasteiger partial charge in [-0.2, -0.15) is 5.26 Å². The first-order chi connectivity index (χ1) is 10.9. The third-order valence-corrected chi connectivity index (χ3v) is 4.56. The lowest BCUT2D eigenvalue weighted by molar-refractivity contribution is 0.0571. The molecule has 0 saturated heterocycles. The monoisotopic (exact) mass is 316 g/mol. The maximum absolute atomic E-state index is 12.9. The molecule has 23 heavy (non-hydrogen) atoms. The Bertz CT molecular complexity index is 657. The summed E-state index contributed by atoms with van der Waals surface area (Å²) in [6.45, 7) is 7.67. The van der Waals surface area contributed by atoms with E-state index in [-0.39, 0.29) is 24.5 Å². The lowest BCUT2D eigenvalue weighted by atomic mass is 9.88. The van der Waals surface area contributed by atoms with Crippen LogP contribution in [0.25, 0.3) is 0 Å². The number of ether oxygens (including phenoxy) is 1. The molecule has 1 N–H and O–H groups in total. The van der Waals surface area contributed by atoms with Gasteiger partial charge in [0.15, 0.2) is 0 Å². The molecule has 1 aliphatic heterocycles. The molecule has 0 aromatic heterocycles. The second kappa shape index (κ2) is 6.59. The summed E-state index contributed by atoms with van der Waals surface area (Å²) in [6.07, 6.45) is 0.599. The Labute approximate surface area is 137 Å². The van der Waals surface area contributed by atoms with Crippen LogP contribution >= 0.6 is 0 Å². The molecule has 1 amide bonds. The lowest BCUT2D eigenvalue weighted by Gasteiger charge is -2.28. The van der Waals surface area contributed by atoms with Gasteiger partial charge < -0.3 is 14.7 Å². The maximum atomic E-state index is 12.9. The van der Waals surface area contributed by atoms with Gasteiger partial charge >= 0.3 is 0 Å². The Morgan fingerprint density at radius 1 is 1.48 bits per heavy atom. The van der Waals surface area contributed by atoms with Crippen LogP contribution < -0.4 is 4.74 Å². The standard InChI is InChI=1S/C18H24N2O3/c1-6-12(9-21)20-13(8-19)17-15(10(2)3)14(23-5)7-11(4)16(17)18(20)22/h7,10,12-13,21H,6,9H2,1-5H3. The predicted molar refractivity (Wildman–Crippen MR) is 87.5 cm³/mol. The van der Waals surface area contributed by atoms with Crippen molar-refractivity contribution in [3.63, 3.8) is 0 Å². The summed E-state index contributed by atoms with van der Waals surface area (Å²) in [5, 5.41) is 19.4. The SMILES string of the molecule is CCC(CO)N1C(=O)c2c(C)cc(OC)c(C(C)C)c2C1C#N. The van der Waals surface area contributed by atoms with Crippen molar-refractivity contribution < 1.29 is 14.6 Å². The number of carbonyl (C=O) groups is 1. The first-order valence-electron chi connectivity index (χ1n) is 7.97. The summed E-state index contributed by atoms with van der Waals surface area (Å²) >= 11 is 0. The van der Waals surface area contributed by atoms with E-state index < -0.39 is 6.04 Å². The van der Waals surface area contributed by atoms with Gasteiger partial charge in [0, 0.05) is 16.7 Å². The molecule has 2 unspecified atom stereocenters. The van der Waals surface area contributed by atoms with Crippen LogP contribution in [0.4, 0.5) is 0 Å². The van der Waals surface area contributed by atoms with Crippen LogP contribution in [0.3, 0.4) is 0 Å². The minimum atomic E-state index is -0.680. The highest BCUT2D eigenvalue weighted by atomic mass is 16.5. The summed E-state index contributed by atoms with van der Waals surface area (Å²) in [7, 11) is 1.60. The molecule has 124 valence electrons. The van der Waals surface area contributed by atoms with E-state index in [1.807, 2.05) is 33.8 Å². The molecule has 1 aromatic carbocycles. The molecule has 0 bridgehead atoms. The highest BCUT2D eigenvalue weighted by Gasteiger charge is 2.44. The van der Waals surface area contributed by atoms with Gasteiger partial charge in [0.05, 0.1) is 25.8 Å². The topological polar surface area (TPSA) is 73.6 Å². The normalized spacial score (nSPS) is 18.1. The number of methoxy groups -OCH3 is 1. The minimum Gasteiger partial charge on any atom is -0.496 e. The second-order valence-electron chi connectivity index (χ2n) is 6.24. The predicted octanol–water partition coefficient (Wildman–Crippen LogP) is 2.92. The van der Waals surface area contributed by atoms with E-state index in [2.05, 4.69) is 6.07 Å². The number of hydrogen-bond acceptors (Lipinski definition) is 4. The highest BCUT2D eigenvalue weighted by molar-refractivity contribution is 6.02. The van der Waals surface area contributed by atoms with Crippen molar-refractivity contribution in [1.29, 1.82) is 5.26 Å². The molecule has 0 saturated carbocycles. The molecule has 1 aromatic rings. The number of hydrogen-bond donors (Lipinski definition) is 1. The van der Waals surface area contributed by atoms with Crippen LogP contribution in [0.2, 0.25) is 0 Å². The number of aliphatic hydroxyl groups is 1. The van der Waals surface area contributed by atoms with Crippen molar-refractivity contribution in [2.75, 3.05) is 13.7 Å². The smallest absolute Gasteiger partial charge is 0.256 e. The second-order valence-corrected chi connectivity index (χ2v) is 6.24. The van der Waals surface area contributed by atoms with Crippen LogP contribution in [0.5, 0.6) is 5.75 Å². The fourth-order valence-electron chi connectivity index (χ4n) is 3.46. The van der Waals surface area contributed by atoms with Crippen molar-refractivity contribution in [3.05, 3.63) is 28.3 Å². The molecule has 5 heteroatoms. The summed E-state index contributed by atoms with van der Waals surface area (Å²) in [4.78, 5) is 14.5. The number of carbonyl (C=O) groups excluding carboxylic acids is 1. The summed E-state index contributed by atoms with van der Waals surface area (Å²) < 4.78 is 5.50. The minimum absolute atomic E-state index is 0.122. The van der Waals surface area contributed by atoms with Crippen LogP contribution in [0.1, 0.15) is 66.2 Å². The van der Waals surface area contributed by atoms with E-state index in [1.165, 1.54) is 4.90 Å². The van der Waals surface area contributed by atoms with E-state index >= 15 is 0 Å². The number of aliphatic hydroxyl groups excluding tert-OH is 1. The molecular weight excluding hydrogens is 292 g/mol. The molecule has 0 radical (unpaired) electrons. The van der Waals surface area contributed by atoms with Gasteiger partial charge in [0.2, 0.25) is 0 Å². The van der Waals surface area contributed by atoms with Crippen LogP contribution in [-0.4, -0.2) is 35.7 Å². The average molecular weight is 316 g/mol. The van der Waals surface area contributed by atoms with Gasteiger partial charge in [0.1, 0.15) is 11.8 Å². The number of rotatable bonds is 5. The molecule has 5 nitrogen and oxygen atoms in total. The third kappa shape index (κ3) is 2.57. The van der Waals surface area contributed by atoms with Crippen molar-refractivity contribution >= 4 is 5.91 Å². The molecule has 1 aliphatic rings. The summed E-state index contributed by atoms with van der Waals surface area (Å²) in [6, 6.07) is 3.09. The van der Waals surface area contributed by atoms with Crippen LogP contribution in [0, 0.1) is 18.3 Å². The third-order valence-electron chi connectivity index (χ3n) is 4.56. The van der Waals surface area contributed by atoms with E-state index in [4.69, 9.17) is 4.74 Å². The van der Waals surface area contributed by atoms with Crippen molar-refractivity contribution in [1.82, 2.24) is 4.90 Å². The van der Waals surface area contributed by atoms with Gasteiger partial charge in [-0.15, -0.1) is 0 Å². The van der Waals surface area contributed by atoms with Gasteiger partial charge in [-0.05, 0) is 30.9 Å². The van der Waals surface area contributed by atoms with E-state index in [9.17, 15) is 15.2 Å². The zero-order valence-corrected chi connectivity index (χ0v) is 14.4. The zero-order valence-electron chi connectivity index (χ0n) is 14.4. The summed E-state index contributed by atoms with van der Waals surface area (Å²) in [5.41, 5.74) is 3.05. The van der Waals surface area contributed by atoms with E-state index in [1.54, 1.807) is 7.11 Å². The van der Waals surface area contributed by atoms with Crippen LogP contribution in [0.15, 0.2) is 6.07 Å². The largest absolute Gasteiger partial charge is 0.496 e. The van der Waals surface area contributed by atoms with Gasteiger partial charge in [-0.3, -0.25) is 4.79 Å². The zero-order chi connectivity index (χ0) is 17.3. The maximum Gasteiger partial charge on any atom is 0.256 e. The Morgan fingerprint density at radius 3 is 2.57 bits per heavy atom. The number of nitriles is 1. The molecule has 0 spiro atoms. The Kier molecular flexibility index (Phi) is 4.96. The molecule has 1 heterocycles. The number of benzene rings is 1.